The summed E-state index contributed by atoms with van der Waals surface area (Å²) in [5, 5.41) is 8.82. The van der Waals surface area contributed by atoms with Gasteiger partial charge in [-0.15, -0.1) is 0 Å². The lowest BCUT2D eigenvalue weighted by atomic mass is 10.0. The molecule has 30 heavy (non-hydrogen) atoms. The zero-order valence-electron chi connectivity index (χ0n) is 16.7. The molecule has 152 valence electrons. The minimum Gasteiger partial charge on any atom is -0.496 e. The fourth-order valence-electron chi connectivity index (χ4n) is 3.50. The Bertz CT molecular complexity index is 1270. The Kier molecular flexibility index (Phi) is 5.34. The Hall–Kier alpha value is -3.87. The second-order valence-electron chi connectivity index (χ2n) is 6.95. The molecule has 0 bridgehead atoms. The Balaban J connectivity index is 1.50. The summed E-state index contributed by atoms with van der Waals surface area (Å²) in [7, 11) is 1.66. The molecular weight excluding hydrogens is 382 g/mol. The second kappa shape index (κ2) is 8.24. The summed E-state index contributed by atoms with van der Waals surface area (Å²) < 4.78 is 9.99. The van der Waals surface area contributed by atoms with E-state index in [1.165, 1.54) is 0 Å². The number of carbonyl (C=O) groups excluding carboxylic acids is 1. The smallest absolute Gasteiger partial charge is 0.439 e. The largest absolute Gasteiger partial charge is 0.496 e. The van der Waals surface area contributed by atoms with Crippen LogP contribution in [-0.2, 0) is 6.42 Å². The van der Waals surface area contributed by atoms with Crippen LogP contribution < -0.4 is 15.8 Å². The van der Waals surface area contributed by atoms with E-state index in [0.29, 0.717) is 29.9 Å². The van der Waals surface area contributed by atoms with E-state index in [1.807, 2.05) is 43.3 Å². The molecule has 0 aliphatic heterocycles. The van der Waals surface area contributed by atoms with Crippen LogP contribution in [0.15, 0.2) is 63.9 Å². The number of carbonyl (C=O) groups is 1. The van der Waals surface area contributed by atoms with Crippen molar-refractivity contribution in [2.24, 2.45) is 0 Å². The van der Waals surface area contributed by atoms with Crippen LogP contribution in [0.1, 0.15) is 21.5 Å². The van der Waals surface area contributed by atoms with Gasteiger partial charge in [0, 0.05) is 23.1 Å². The molecule has 4 rings (SSSR count). The average molecular weight is 403 g/mol. The van der Waals surface area contributed by atoms with Crippen LogP contribution in [0, 0.1) is 6.92 Å². The lowest BCUT2D eigenvalue weighted by Gasteiger charge is -2.12. The standard InChI is InChI=1S/C23H21N3O4/c1-14-7-8-16(21-25-23(28)30-26-21)13-19(14)22(27)24-12-11-15-9-10-20(29-2)18-6-4-3-5-17(15)18/h3-10,13H,11-12H2,1-2H3,(H,24,27)(H,25,26,28). The van der Waals surface area contributed by atoms with Gasteiger partial charge < -0.3 is 10.1 Å². The summed E-state index contributed by atoms with van der Waals surface area (Å²) in [5.41, 5.74) is 3.10. The Morgan fingerprint density at radius 3 is 2.67 bits per heavy atom. The van der Waals surface area contributed by atoms with Crippen LogP contribution in [0.3, 0.4) is 0 Å². The number of nitrogens with zero attached hydrogens (tertiary/aromatic N) is 1. The minimum atomic E-state index is -0.636. The highest BCUT2D eigenvalue weighted by molar-refractivity contribution is 5.97. The molecule has 3 aromatic carbocycles. The first kappa shape index (κ1) is 19.4. The molecule has 0 radical (unpaired) electrons. The molecule has 0 saturated carbocycles. The molecule has 4 aromatic rings. The van der Waals surface area contributed by atoms with Gasteiger partial charge >= 0.3 is 5.76 Å². The number of fused-ring (bicyclic) bond motifs is 1. The van der Waals surface area contributed by atoms with E-state index in [4.69, 9.17) is 4.74 Å². The number of benzene rings is 3. The van der Waals surface area contributed by atoms with Crippen LogP contribution in [0.25, 0.3) is 22.2 Å². The van der Waals surface area contributed by atoms with Crippen molar-refractivity contribution in [2.45, 2.75) is 13.3 Å². The number of aromatic amines is 1. The summed E-state index contributed by atoms with van der Waals surface area (Å²) in [5.74, 6) is 0.303. The SMILES string of the molecule is COc1ccc(CCNC(=O)c2cc(-c3noc(=O)[nH]3)ccc2C)c2ccccc12. The third kappa shape index (κ3) is 3.82. The van der Waals surface area contributed by atoms with Crippen LogP contribution in [0.2, 0.25) is 0 Å². The van der Waals surface area contributed by atoms with Gasteiger partial charge in [0.25, 0.3) is 5.91 Å². The van der Waals surface area contributed by atoms with Crippen molar-refractivity contribution in [2.75, 3.05) is 13.7 Å². The summed E-state index contributed by atoms with van der Waals surface area (Å²) in [6.45, 7) is 2.35. The van der Waals surface area contributed by atoms with Gasteiger partial charge in [-0.05, 0) is 42.0 Å². The second-order valence-corrected chi connectivity index (χ2v) is 6.95. The van der Waals surface area contributed by atoms with Crippen molar-refractivity contribution in [3.8, 4) is 17.1 Å². The summed E-state index contributed by atoms with van der Waals surface area (Å²) in [6, 6.07) is 17.3. The monoisotopic (exact) mass is 403 g/mol. The van der Waals surface area contributed by atoms with Crippen molar-refractivity contribution in [1.82, 2.24) is 15.5 Å². The summed E-state index contributed by atoms with van der Waals surface area (Å²) in [4.78, 5) is 26.4. The van der Waals surface area contributed by atoms with Gasteiger partial charge in [0.2, 0.25) is 0 Å². The van der Waals surface area contributed by atoms with Gasteiger partial charge in [0.1, 0.15) is 5.75 Å². The average Bonchev–Trinajstić information content (AvgIpc) is 3.20. The number of hydrogen-bond donors (Lipinski definition) is 2. The highest BCUT2D eigenvalue weighted by atomic mass is 16.5. The van der Waals surface area contributed by atoms with Crippen molar-refractivity contribution < 1.29 is 14.1 Å². The number of H-pyrrole nitrogens is 1. The molecule has 0 aliphatic rings. The molecular formula is C23H21N3O4. The highest BCUT2D eigenvalue weighted by Crippen LogP contribution is 2.28. The lowest BCUT2D eigenvalue weighted by Crippen LogP contribution is -2.26. The van der Waals surface area contributed by atoms with Gasteiger partial charge in [-0.25, -0.2) is 4.79 Å². The first-order valence-corrected chi connectivity index (χ1v) is 9.56. The molecule has 1 amide bonds. The first-order valence-electron chi connectivity index (χ1n) is 9.56. The fourth-order valence-corrected chi connectivity index (χ4v) is 3.50. The topological polar surface area (TPSA) is 97.2 Å². The summed E-state index contributed by atoms with van der Waals surface area (Å²) >= 11 is 0. The van der Waals surface area contributed by atoms with Crippen molar-refractivity contribution in [3.05, 3.63) is 81.8 Å². The molecule has 0 saturated heterocycles. The summed E-state index contributed by atoms with van der Waals surface area (Å²) in [6.07, 6.45) is 0.686. The molecule has 0 aliphatic carbocycles. The van der Waals surface area contributed by atoms with Crippen molar-refractivity contribution >= 4 is 16.7 Å². The molecule has 1 aromatic heterocycles. The van der Waals surface area contributed by atoms with E-state index in [2.05, 4.69) is 26.0 Å². The lowest BCUT2D eigenvalue weighted by molar-refractivity contribution is 0.0953. The number of methoxy groups -OCH3 is 1. The Morgan fingerprint density at radius 1 is 1.13 bits per heavy atom. The molecule has 7 heteroatoms. The normalized spacial score (nSPS) is 10.9. The van der Waals surface area contributed by atoms with E-state index < -0.39 is 5.76 Å². The van der Waals surface area contributed by atoms with Crippen molar-refractivity contribution in [1.29, 1.82) is 0 Å². The predicted molar refractivity (Wildman–Crippen MR) is 114 cm³/mol. The fraction of sp³-hybridized carbons (Fsp3) is 0.174. The van der Waals surface area contributed by atoms with Gasteiger partial charge in [0.05, 0.1) is 7.11 Å². The predicted octanol–water partition coefficient (Wildman–Crippen LogP) is 3.47. The quantitative estimate of drug-likeness (QED) is 0.514. The number of aryl methyl sites for hydroxylation is 1. The van der Waals surface area contributed by atoms with E-state index in [1.54, 1.807) is 19.2 Å². The third-order valence-electron chi connectivity index (χ3n) is 5.07. The Labute approximate surface area is 172 Å². The molecule has 0 fully saturated rings. The van der Waals surface area contributed by atoms with Crippen LogP contribution >= 0.6 is 0 Å². The molecule has 7 nitrogen and oxygen atoms in total. The maximum absolute atomic E-state index is 12.8. The molecule has 0 atom stereocenters. The van der Waals surface area contributed by atoms with Crippen LogP contribution in [-0.4, -0.2) is 29.7 Å². The van der Waals surface area contributed by atoms with Crippen LogP contribution in [0.5, 0.6) is 5.75 Å². The van der Waals surface area contributed by atoms with E-state index in [9.17, 15) is 9.59 Å². The van der Waals surface area contributed by atoms with Gasteiger partial charge in [0.15, 0.2) is 5.82 Å². The maximum Gasteiger partial charge on any atom is 0.439 e. The molecule has 2 N–H and O–H groups in total. The van der Waals surface area contributed by atoms with Gasteiger partial charge in [-0.2, -0.15) is 0 Å². The first-order chi connectivity index (χ1) is 14.6. The van der Waals surface area contributed by atoms with E-state index >= 15 is 0 Å². The number of aromatic nitrogens is 2. The van der Waals surface area contributed by atoms with Crippen molar-refractivity contribution in [3.63, 3.8) is 0 Å². The number of ether oxygens (including phenoxy) is 1. The number of hydrogen-bond acceptors (Lipinski definition) is 5. The zero-order chi connectivity index (χ0) is 21.1. The molecule has 0 unspecified atom stereocenters. The Morgan fingerprint density at radius 2 is 1.93 bits per heavy atom. The van der Waals surface area contributed by atoms with Crippen LogP contribution in [0.4, 0.5) is 0 Å². The number of rotatable bonds is 6. The van der Waals surface area contributed by atoms with E-state index in [0.717, 1.165) is 27.6 Å². The third-order valence-corrected chi connectivity index (χ3v) is 5.07. The van der Waals surface area contributed by atoms with Gasteiger partial charge in [-0.1, -0.05) is 47.6 Å². The highest BCUT2D eigenvalue weighted by Gasteiger charge is 2.13. The zero-order valence-corrected chi connectivity index (χ0v) is 16.7. The maximum atomic E-state index is 12.8. The molecule has 1 heterocycles. The van der Waals surface area contributed by atoms with E-state index in [-0.39, 0.29) is 5.91 Å². The molecule has 0 spiro atoms. The van der Waals surface area contributed by atoms with Gasteiger partial charge in [-0.3, -0.25) is 14.3 Å². The number of nitrogens with one attached hydrogen (secondary N) is 2. The minimum absolute atomic E-state index is 0.182. The number of amides is 1.